The molecule has 0 aromatic heterocycles. The monoisotopic (exact) mass is 307 g/mol. The predicted octanol–water partition coefficient (Wildman–Crippen LogP) is 2.43. The second kappa shape index (κ2) is 6.47. The highest BCUT2D eigenvalue weighted by atomic mass is 79.9. The van der Waals surface area contributed by atoms with Crippen molar-refractivity contribution in [2.45, 2.75) is 12.7 Å². The molecule has 2 atom stereocenters. The number of hydrogen-bond donors (Lipinski definition) is 1. The van der Waals surface area contributed by atoms with Crippen LogP contribution >= 0.6 is 15.9 Å². The van der Waals surface area contributed by atoms with Gasteiger partial charge in [-0.15, -0.1) is 0 Å². The first kappa shape index (κ1) is 13.8. The lowest BCUT2D eigenvalue weighted by molar-refractivity contribution is 0.611. The summed E-state index contributed by atoms with van der Waals surface area (Å²) in [5.41, 5.74) is 5.94. The maximum absolute atomic E-state index is 13.4. The summed E-state index contributed by atoms with van der Waals surface area (Å²) in [6, 6.07) is 4.80. The van der Waals surface area contributed by atoms with Gasteiger partial charge in [-0.05, 0) is 24.6 Å². The Bertz CT molecular complexity index is 386. The molecule has 90 valence electrons. The third-order valence-corrected chi connectivity index (χ3v) is 4.27. The second-order valence-corrected chi connectivity index (χ2v) is 6.24. The normalized spacial score (nSPS) is 14.8. The zero-order valence-corrected chi connectivity index (χ0v) is 11.5. The molecule has 0 bridgehead atoms. The van der Waals surface area contributed by atoms with Gasteiger partial charge in [0.2, 0.25) is 0 Å². The highest BCUT2D eigenvalue weighted by Crippen LogP contribution is 2.17. The van der Waals surface area contributed by atoms with Gasteiger partial charge in [-0.25, -0.2) is 4.39 Å². The predicted molar refractivity (Wildman–Crippen MR) is 69.0 cm³/mol. The molecule has 0 aliphatic heterocycles. The van der Waals surface area contributed by atoms with Gasteiger partial charge in [0, 0.05) is 26.6 Å². The average molecular weight is 308 g/mol. The minimum atomic E-state index is -1.05. The van der Waals surface area contributed by atoms with Crippen molar-refractivity contribution in [3.05, 3.63) is 34.1 Å². The van der Waals surface area contributed by atoms with Crippen molar-refractivity contribution < 1.29 is 8.60 Å². The van der Waals surface area contributed by atoms with Crippen LogP contribution in [-0.4, -0.2) is 16.5 Å². The molecule has 0 radical (unpaired) electrons. The topological polar surface area (TPSA) is 43.1 Å². The minimum Gasteiger partial charge on any atom is -0.330 e. The van der Waals surface area contributed by atoms with E-state index in [0.717, 1.165) is 0 Å². The lowest BCUT2D eigenvalue weighted by Gasteiger charge is -2.08. The Morgan fingerprint density at radius 2 is 2.25 bits per heavy atom. The summed E-state index contributed by atoms with van der Waals surface area (Å²) in [5.74, 6) is 0.664. The summed E-state index contributed by atoms with van der Waals surface area (Å²) in [4.78, 5) is 0. The maximum Gasteiger partial charge on any atom is 0.128 e. The summed E-state index contributed by atoms with van der Waals surface area (Å²) >= 11 is 3.18. The van der Waals surface area contributed by atoms with Crippen LogP contribution in [0.2, 0.25) is 0 Å². The van der Waals surface area contributed by atoms with Crippen LogP contribution in [0, 0.1) is 11.7 Å². The Hall–Kier alpha value is -0.260. The molecular weight excluding hydrogens is 293 g/mol. The van der Waals surface area contributed by atoms with Crippen molar-refractivity contribution in [1.29, 1.82) is 0 Å². The van der Waals surface area contributed by atoms with E-state index >= 15 is 0 Å². The standard InChI is InChI=1S/C11H15BrFNOS/c1-8(5-14)6-16(15)7-9-2-3-10(12)4-11(9)13/h2-4,8H,5-7,14H2,1H3. The molecule has 2 nitrogen and oxygen atoms in total. The number of nitrogens with two attached hydrogens (primary N) is 1. The van der Waals surface area contributed by atoms with Crippen molar-refractivity contribution in [3.8, 4) is 0 Å². The largest absolute Gasteiger partial charge is 0.330 e. The van der Waals surface area contributed by atoms with Crippen molar-refractivity contribution in [2.75, 3.05) is 12.3 Å². The van der Waals surface area contributed by atoms with Crippen LogP contribution in [0.15, 0.2) is 22.7 Å². The Balaban J connectivity index is 2.63. The van der Waals surface area contributed by atoms with E-state index < -0.39 is 10.8 Å². The molecule has 0 saturated heterocycles. The molecule has 0 saturated carbocycles. The molecule has 0 amide bonds. The van der Waals surface area contributed by atoms with E-state index in [0.29, 0.717) is 22.3 Å². The van der Waals surface area contributed by atoms with Crippen LogP contribution < -0.4 is 5.73 Å². The molecular formula is C11H15BrFNOS. The summed E-state index contributed by atoms with van der Waals surface area (Å²) in [6.45, 7) is 2.45. The number of hydrogen-bond acceptors (Lipinski definition) is 2. The number of rotatable bonds is 5. The van der Waals surface area contributed by atoms with Gasteiger partial charge in [0.25, 0.3) is 0 Å². The number of benzene rings is 1. The van der Waals surface area contributed by atoms with Gasteiger partial charge in [0.15, 0.2) is 0 Å². The molecule has 0 aliphatic carbocycles. The molecule has 2 N–H and O–H groups in total. The smallest absolute Gasteiger partial charge is 0.128 e. The molecule has 1 aromatic carbocycles. The quantitative estimate of drug-likeness (QED) is 0.908. The first-order chi connectivity index (χ1) is 7.52. The number of halogens is 2. The van der Waals surface area contributed by atoms with Crippen molar-refractivity contribution in [3.63, 3.8) is 0 Å². The summed E-state index contributed by atoms with van der Waals surface area (Å²) in [5, 5.41) is 0. The van der Waals surface area contributed by atoms with Gasteiger partial charge in [-0.2, -0.15) is 0 Å². The first-order valence-electron chi connectivity index (χ1n) is 5.02. The SMILES string of the molecule is CC(CN)CS(=O)Cc1ccc(Br)cc1F. The van der Waals surface area contributed by atoms with Crippen LogP contribution in [0.25, 0.3) is 0 Å². The second-order valence-electron chi connectivity index (χ2n) is 3.83. The summed E-state index contributed by atoms with van der Waals surface area (Å²) < 4.78 is 25.8. The van der Waals surface area contributed by atoms with Gasteiger partial charge < -0.3 is 5.73 Å². The van der Waals surface area contributed by atoms with Crippen molar-refractivity contribution in [2.24, 2.45) is 11.7 Å². The van der Waals surface area contributed by atoms with E-state index in [4.69, 9.17) is 5.73 Å². The Kier molecular flexibility index (Phi) is 5.58. The summed E-state index contributed by atoms with van der Waals surface area (Å²) in [7, 11) is -1.05. The van der Waals surface area contributed by atoms with Crippen LogP contribution in [0.1, 0.15) is 12.5 Å². The van der Waals surface area contributed by atoms with Gasteiger partial charge in [-0.1, -0.05) is 28.9 Å². The molecule has 16 heavy (non-hydrogen) atoms. The zero-order chi connectivity index (χ0) is 12.1. The van der Waals surface area contributed by atoms with E-state index in [1.807, 2.05) is 6.92 Å². The average Bonchev–Trinajstić information content (AvgIpc) is 2.22. The molecule has 5 heteroatoms. The molecule has 0 spiro atoms. The third kappa shape index (κ3) is 4.31. The van der Waals surface area contributed by atoms with Gasteiger partial charge >= 0.3 is 0 Å². The molecule has 1 aromatic rings. The lowest BCUT2D eigenvalue weighted by Crippen LogP contribution is -2.18. The van der Waals surface area contributed by atoms with Crippen LogP contribution in [0.4, 0.5) is 4.39 Å². The molecule has 0 heterocycles. The van der Waals surface area contributed by atoms with Gasteiger partial charge in [-0.3, -0.25) is 4.21 Å². The highest BCUT2D eigenvalue weighted by molar-refractivity contribution is 9.10. The fraction of sp³-hybridized carbons (Fsp3) is 0.455. The van der Waals surface area contributed by atoms with Gasteiger partial charge in [0.05, 0.1) is 5.75 Å². The van der Waals surface area contributed by atoms with E-state index in [2.05, 4.69) is 15.9 Å². The van der Waals surface area contributed by atoms with Crippen molar-refractivity contribution in [1.82, 2.24) is 0 Å². The lowest BCUT2D eigenvalue weighted by atomic mass is 10.2. The third-order valence-electron chi connectivity index (χ3n) is 2.20. The highest BCUT2D eigenvalue weighted by Gasteiger charge is 2.10. The van der Waals surface area contributed by atoms with Crippen LogP contribution in [0.3, 0.4) is 0 Å². The fourth-order valence-corrected chi connectivity index (χ4v) is 3.06. The van der Waals surface area contributed by atoms with E-state index in [-0.39, 0.29) is 17.5 Å². The molecule has 2 unspecified atom stereocenters. The van der Waals surface area contributed by atoms with Gasteiger partial charge in [0.1, 0.15) is 5.82 Å². The van der Waals surface area contributed by atoms with Crippen LogP contribution in [-0.2, 0) is 16.6 Å². The van der Waals surface area contributed by atoms with Crippen molar-refractivity contribution >= 4 is 26.7 Å². The minimum absolute atomic E-state index is 0.208. The fourth-order valence-electron chi connectivity index (χ4n) is 1.26. The Morgan fingerprint density at radius 3 is 2.81 bits per heavy atom. The maximum atomic E-state index is 13.4. The van der Waals surface area contributed by atoms with E-state index in [9.17, 15) is 8.60 Å². The summed E-state index contributed by atoms with van der Waals surface area (Å²) in [6.07, 6.45) is 0. The molecule has 0 fully saturated rings. The zero-order valence-electron chi connectivity index (χ0n) is 9.08. The Morgan fingerprint density at radius 1 is 1.56 bits per heavy atom. The van der Waals surface area contributed by atoms with E-state index in [1.165, 1.54) is 6.07 Å². The molecule has 1 rings (SSSR count). The first-order valence-corrected chi connectivity index (χ1v) is 7.30. The van der Waals surface area contributed by atoms with E-state index in [1.54, 1.807) is 12.1 Å². The van der Waals surface area contributed by atoms with Crippen LogP contribution in [0.5, 0.6) is 0 Å². The molecule has 0 aliphatic rings. The Labute approximate surface area is 106 Å².